The normalized spacial score (nSPS) is 11.4. The average Bonchev–Trinajstić information content (AvgIpc) is 3.23. The zero-order chi connectivity index (χ0) is 44.6. The van der Waals surface area contributed by atoms with E-state index in [1.54, 1.807) is 88.7 Å². The monoisotopic (exact) mass is 840 g/mol. The lowest BCUT2D eigenvalue weighted by Gasteiger charge is -2.18. The summed E-state index contributed by atoms with van der Waals surface area (Å²) < 4.78 is 21.4. The molecule has 0 fully saturated rings. The van der Waals surface area contributed by atoms with E-state index >= 15 is 0 Å². The molecule has 13 N–H and O–H groups in total. The van der Waals surface area contributed by atoms with Crippen LogP contribution in [-0.2, 0) is 16.2 Å². The summed E-state index contributed by atoms with van der Waals surface area (Å²) in [5.41, 5.74) is 22.5. The van der Waals surface area contributed by atoms with Crippen LogP contribution < -0.4 is 68.7 Å². The Kier molecular flexibility index (Phi) is 16.1. The number of primary amides is 4. The van der Waals surface area contributed by atoms with Crippen LogP contribution in [0.25, 0.3) is 0 Å². The molecule has 0 saturated heterocycles. The fourth-order valence-corrected chi connectivity index (χ4v) is 5.40. The van der Waals surface area contributed by atoms with Crippen molar-refractivity contribution < 1.29 is 38.1 Å². The number of aromatic nitrogens is 4. The van der Waals surface area contributed by atoms with E-state index in [1.807, 2.05) is 12.1 Å². The van der Waals surface area contributed by atoms with Gasteiger partial charge in [-0.1, -0.05) is 38.1 Å². The Balaban J connectivity index is 0.000000281. The third kappa shape index (κ3) is 12.7. The lowest BCUT2D eigenvalue weighted by Crippen LogP contribution is -2.36. The highest BCUT2D eigenvalue weighted by Crippen LogP contribution is 2.30. The molecule has 0 bridgehead atoms. The van der Waals surface area contributed by atoms with Crippen molar-refractivity contribution in [1.82, 2.24) is 19.9 Å². The second kappa shape index (κ2) is 21.6. The summed E-state index contributed by atoms with van der Waals surface area (Å²) in [6, 6.07) is 19.6. The van der Waals surface area contributed by atoms with E-state index in [1.165, 1.54) is 7.11 Å². The highest BCUT2D eigenvalue weighted by molar-refractivity contribution is 6.01. The summed E-state index contributed by atoms with van der Waals surface area (Å²) in [6.45, 7) is 3.62. The minimum atomic E-state index is -0.947. The molecule has 0 aliphatic rings. The molecule has 3 aromatic carbocycles. The van der Waals surface area contributed by atoms with Gasteiger partial charge in [0.15, 0.2) is 11.6 Å². The van der Waals surface area contributed by atoms with Gasteiger partial charge in [-0.3, -0.25) is 29.0 Å². The molecule has 0 radical (unpaired) electrons. The summed E-state index contributed by atoms with van der Waals surface area (Å²) in [4.78, 5) is 74.7. The van der Waals surface area contributed by atoms with Gasteiger partial charge in [0.25, 0.3) is 17.4 Å². The van der Waals surface area contributed by atoms with Crippen molar-refractivity contribution in [2.45, 2.75) is 45.4 Å². The Labute approximate surface area is 349 Å². The van der Waals surface area contributed by atoms with Crippen LogP contribution in [0.2, 0.25) is 0 Å². The minimum Gasteiger partial charge on any atom is -0.497 e. The van der Waals surface area contributed by atoms with E-state index in [9.17, 15) is 24.0 Å². The zero-order valence-electron chi connectivity index (χ0n) is 34.0. The maximum absolute atomic E-state index is 12.4. The molecule has 21 heteroatoms. The van der Waals surface area contributed by atoms with E-state index in [2.05, 4.69) is 41.2 Å². The van der Waals surface area contributed by atoms with Gasteiger partial charge in [-0.2, -0.15) is 15.0 Å². The first kappa shape index (κ1) is 45.6. The third-order valence-corrected chi connectivity index (χ3v) is 8.61. The van der Waals surface area contributed by atoms with Crippen molar-refractivity contribution in [1.29, 1.82) is 0 Å². The number of ether oxygens (including phenoxy) is 4. The molecule has 21 nitrogen and oxygen atoms in total. The van der Waals surface area contributed by atoms with E-state index in [0.29, 0.717) is 41.5 Å². The molecule has 5 aromatic rings. The van der Waals surface area contributed by atoms with Crippen molar-refractivity contribution in [3.63, 3.8) is 0 Å². The predicted molar refractivity (Wildman–Crippen MR) is 228 cm³/mol. The molecule has 2 atom stereocenters. The molecule has 0 unspecified atom stereocenters. The summed E-state index contributed by atoms with van der Waals surface area (Å²) in [5.74, 6) is -1.06. The van der Waals surface area contributed by atoms with E-state index in [-0.39, 0.29) is 47.1 Å². The number of nitrogens with two attached hydrogens (primary N) is 4. The van der Waals surface area contributed by atoms with Crippen molar-refractivity contribution in [2.24, 2.45) is 22.9 Å². The van der Waals surface area contributed by atoms with Gasteiger partial charge < -0.3 is 63.1 Å². The molecule has 0 aliphatic carbocycles. The molecule has 0 aliphatic heterocycles. The lowest BCUT2D eigenvalue weighted by atomic mass is 10.2. The largest absolute Gasteiger partial charge is 0.497 e. The Hall–Kier alpha value is -8.10. The molecular formula is C40H48N12O9. The number of benzene rings is 3. The van der Waals surface area contributed by atoms with Crippen LogP contribution in [0.1, 0.15) is 53.0 Å². The number of aromatic amines is 1. The van der Waals surface area contributed by atoms with Gasteiger partial charge in [-0.15, -0.1) is 0 Å². The standard InChI is InChI=1S/C24H28N6O5.C16H20N6O4/c1-4-18(20(25)31)28-24-29-22(27-15-6-5-7-17(12-15)34-3)19(21(26)32)23(30-24)35-13-14-8-10-16(33-2)11-9-14;1-3-10(12(17)23)20-16-21-14(11(13(18)24)15(25)22-16)19-8-5-4-6-9(7-8)26-2/h5-12,18H,4,13H2,1-3H3,(H2,25,31)(H2,26,32)(H2,27,28,29,30);4-7,10H,3H2,1-2H3,(H2,17,23)(H2,18,24)(H3,19,20,21,22,25)/t18-;10-/m11/s1. The number of carbonyl (C=O) groups is 4. The summed E-state index contributed by atoms with van der Waals surface area (Å²) in [6.07, 6.45) is 0.784. The number of H-pyrrole nitrogens is 1. The maximum Gasteiger partial charge on any atom is 0.267 e. The number of nitrogens with one attached hydrogen (secondary N) is 5. The minimum absolute atomic E-state index is 0.0175. The van der Waals surface area contributed by atoms with Crippen LogP contribution in [0.4, 0.5) is 34.9 Å². The van der Waals surface area contributed by atoms with Gasteiger partial charge in [0.2, 0.25) is 29.6 Å². The SMILES string of the molecule is CC[C@@H](Nc1nc(Nc2cccc(OC)c2)c(C(N)=O)c(=O)[nH]1)C(N)=O.CC[C@@H](Nc1nc(Nc2cccc(OC)c2)c(C(N)=O)c(OCc2ccc(OC)cc2)n1)C(N)=O. The van der Waals surface area contributed by atoms with Crippen LogP contribution in [0.3, 0.4) is 0 Å². The number of amides is 4. The van der Waals surface area contributed by atoms with Crippen LogP contribution in [-0.4, -0.2) is 77.0 Å². The van der Waals surface area contributed by atoms with Crippen LogP contribution >= 0.6 is 0 Å². The van der Waals surface area contributed by atoms with E-state index in [4.69, 9.17) is 41.9 Å². The maximum atomic E-state index is 12.4. The van der Waals surface area contributed by atoms with Crippen LogP contribution in [0.15, 0.2) is 77.6 Å². The third-order valence-electron chi connectivity index (χ3n) is 8.61. The van der Waals surface area contributed by atoms with Crippen molar-refractivity contribution in [3.8, 4) is 23.1 Å². The molecule has 5 rings (SSSR count). The number of hydrogen-bond donors (Lipinski definition) is 9. The quantitative estimate of drug-likeness (QED) is 0.0544. The first-order valence-corrected chi connectivity index (χ1v) is 18.5. The first-order chi connectivity index (χ1) is 29.2. The van der Waals surface area contributed by atoms with Gasteiger partial charge >= 0.3 is 0 Å². The molecule has 0 spiro atoms. The molecule has 4 amide bonds. The second-order valence-electron chi connectivity index (χ2n) is 12.8. The molecular weight excluding hydrogens is 793 g/mol. The number of carbonyl (C=O) groups excluding carboxylic acids is 4. The average molecular weight is 841 g/mol. The molecule has 0 saturated carbocycles. The smallest absolute Gasteiger partial charge is 0.267 e. The number of hydrogen-bond acceptors (Lipinski definition) is 16. The fourth-order valence-electron chi connectivity index (χ4n) is 5.40. The van der Waals surface area contributed by atoms with Crippen molar-refractivity contribution in [2.75, 3.05) is 42.6 Å². The molecule has 2 aromatic heterocycles. The van der Waals surface area contributed by atoms with Gasteiger partial charge in [-0.05, 0) is 54.8 Å². The second-order valence-corrected chi connectivity index (χ2v) is 12.8. The topological polar surface area (TPSA) is 329 Å². The Bertz CT molecular complexity index is 2390. The molecule has 61 heavy (non-hydrogen) atoms. The molecule has 322 valence electrons. The predicted octanol–water partition coefficient (Wildman–Crippen LogP) is 2.89. The Morgan fingerprint density at radius 3 is 1.64 bits per heavy atom. The fraction of sp³-hybridized carbons (Fsp3) is 0.250. The number of nitrogens with zero attached hydrogens (tertiary/aromatic N) is 3. The summed E-state index contributed by atoms with van der Waals surface area (Å²) in [5, 5.41) is 11.5. The zero-order valence-corrected chi connectivity index (χ0v) is 34.0. The van der Waals surface area contributed by atoms with Gasteiger partial charge in [0, 0.05) is 23.5 Å². The van der Waals surface area contributed by atoms with Gasteiger partial charge in [-0.25, -0.2) is 0 Å². The van der Waals surface area contributed by atoms with Gasteiger partial charge in [0.05, 0.1) is 21.3 Å². The number of anilines is 6. The van der Waals surface area contributed by atoms with Crippen LogP contribution in [0, 0.1) is 0 Å². The summed E-state index contributed by atoms with van der Waals surface area (Å²) in [7, 11) is 4.63. The highest BCUT2D eigenvalue weighted by atomic mass is 16.5. The molecule has 2 heterocycles. The van der Waals surface area contributed by atoms with Crippen molar-refractivity contribution in [3.05, 3.63) is 99.8 Å². The van der Waals surface area contributed by atoms with Crippen LogP contribution in [0.5, 0.6) is 23.1 Å². The van der Waals surface area contributed by atoms with E-state index < -0.39 is 41.3 Å². The lowest BCUT2D eigenvalue weighted by molar-refractivity contribution is -0.119. The van der Waals surface area contributed by atoms with Gasteiger partial charge in [0.1, 0.15) is 47.1 Å². The van der Waals surface area contributed by atoms with E-state index in [0.717, 1.165) is 5.56 Å². The Morgan fingerprint density at radius 2 is 1.16 bits per heavy atom. The first-order valence-electron chi connectivity index (χ1n) is 18.5. The summed E-state index contributed by atoms with van der Waals surface area (Å²) >= 11 is 0. The number of rotatable bonds is 20. The Morgan fingerprint density at radius 1 is 0.656 bits per heavy atom. The number of methoxy groups -OCH3 is 3. The van der Waals surface area contributed by atoms with Crippen molar-refractivity contribution >= 4 is 58.5 Å². The highest BCUT2D eigenvalue weighted by Gasteiger charge is 2.24.